The van der Waals surface area contributed by atoms with Crippen LogP contribution in [0.1, 0.15) is 11.3 Å². The van der Waals surface area contributed by atoms with Gasteiger partial charge in [0.1, 0.15) is 28.8 Å². The number of thiophene rings is 1. The van der Waals surface area contributed by atoms with Gasteiger partial charge in [0.15, 0.2) is 0 Å². The van der Waals surface area contributed by atoms with Crippen molar-refractivity contribution in [2.45, 2.75) is 20.0 Å². The minimum atomic E-state index is 0.181. The molecule has 0 N–H and O–H groups in total. The fourth-order valence-corrected chi connectivity index (χ4v) is 4.42. The first kappa shape index (κ1) is 15.5. The van der Waals surface area contributed by atoms with Crippen molar-refractivity contribution in [3.05, 3.63) is 47.9 Å². The lowest BCUT2D eigenvalue weighted by Crippen LogP contribution is -2.54. The molecule has 4 heterocycles. The van der Waals surface area contributed by atoms with Crippen molar-refractivity contribution in [1.29, 1.82) is 0 Å². The van der Waals surface area contributed by atoms with Crippen molar-refractivity contribution in [2.75, 3.05) is 18.0 Å². The van der Waals surface area contributed by atoms with Crippen LogP contribution in [-0.4, -0.2) is 39.4 Å². The van der Waals surface area contributed by atoms with Gasteiger partial charge in [-0.15, -0.1) is 16.4 Å². The van der Waals surface area contributed by atoms with Gasteiger partial charge in [0.2, 0.25) is 0 Å². The van der Waals surface area contributed by atoms with Crippen LogP contribution in [0.3, 0.4) is 0 Å². The maximum Gasteiger partial charge on any atom is 0.150 e. The van der Waals surface area contributed by atoms with Crippen molar-refractivity contribution in [3.63, 3.8) is 0 Å². The van der Waals surface area contributed by atoms with Crippen molar-refractivity contribution >= 4 is 37.6 Å². The van der Waals surface area contributed by atoms with Crippen LogP contribution in [0.15, 0.2) is 36.7 Å². The van der Waals surface area contributed by atoms with E-state index in [9.17, 15) is 0 Å². The predicted octanol–water partition coefficient (Wildman–Crippen LogP) is 3.52. The quantitative estimate of drug-likeness (QED) is 0.555. The first-order chi connectivity index (χ1) is 12.7. The molecule has 0 atom stereocenters. The number of fused-ring (bicyclic) bond motifs is 3. The van der Waals surface area contributed by atoms with Gasteiger partial charge in [-0.2, -0.15) is 5.10 Å². The third kappa shape index (κ3) is 2.39. The van der Waals surface area contributed by atoms with E-state index in [4.69, 9.17) is 4.74 Å². The second-order valence-corrected chi connectivity index (χ2v) is 7.52. The summed E-state index contributed by atoms with van der Waals surface area (Å²) in [6.07, 6.45) is 1.82. The standard InChI is InChI=1S/C19H17N5OS/c1-11-12(2)22-23-19-15(11)16-17(26-19)18(21-10-20-16)24-8-14(9-24)25-13-6-4-3-5-7-13/h3-7,10,14H,8-9H2,1-2H3. The number of anilines is 1. The van der Waals surface area contributed by atoms with Crippen LogP contribution >= 0.6 is 11.3 Å². The zero-order valence-corrected chi connectivity index (χ0v) is 15.3. The Bertz CT molecular complexity index is 1110. The highest BCUT2D eigenvalue weighted by Gasteiger charge is 2.31. The van der Waals surface area contributed by atoms with Gasteiger partial charge in [-0.1, -0.05) is 18.2 Å². The summed E-state index contributed by atoms with van der Waals surface area (Å²) in [5.41, 5.74) is 3.05. The lowest BCUT2D eigenvalue weighted by atomic mass is 10.1. The number of para-hydroxylation sites is 1. The van der Waals surface area contributed by atoms with Crippen LogP contribution in [0.5, 0.6) is 5.75 Å². The van der Waals surface area contributed by atoms with Crippen LogP contribution in [0.4, 0.5) is 5.82 Å². The lowest BCUT2D eigenvalue weighted by molar-refractivity contribution is 0.167. The number of rotatable bonds is 3. The normalized spacial score (nSPS) is 14.8. The number of hydrogen-bond donors (Lipinski definition) is 0. The Morgan fingerprint density at radius 2 is 1.88 bits per heavy atom. The number of benzene rings is 1. The SMILES string of the molecule is Cc1nnc2sc3c(N4CC(Oc5ccccc5)C4)ncnc3c2c1C. The van der Waals surface area contributed by atoms with Gasteiger partial charge in [0, 0.05) is 5.39 Å². The molecule has 0 unspecified atom stereocenters. The van der Waals surface area contributed by atoms with E-state index in [2.05, 4.69) is 32.0 Å². The molecule has 0 aliphatic carbocycles. The van der Waals surface area contributed by atoms with Gasteiger partial charge in [0.05, 0.1) is 29.0 Å². The molecule has 0 bridgehead atoms. The van der Waals surface area contributed by atoms with Crippen molar-refractivity contribution in [2.24, 2.45) is 0 Å². The minimum absolute atomic E-state index is 0.181. The second kappa shape index (κ2) is 5.88. The number of aromatic nitrogens is 4. The molecule has 0 saturated carbocycles. The van der Waals surface area contributed by atoms with Gasteiger partial charge in [-0.3, -0.25) is 0 Å². The van der Waals surface area contributed by atoms with Crippen LogP contribution < -0.4 is 9.64 Å². The molecule has 1 aliphatic heterocycles. The molecule has 1 saturated heterocycles. The first-order valence-electron chi connectivity index (χ1n) is 8.54. The van der Waals surface area contributed by atoms with Gasteiger partial charge < -0.3 is 9.64 Å². The average Bonchev–Trinajstić information content (AvgIpc) is 3.01. The van der Waals surface area contributed by atoms with Crippen molar-refractivity contribution in [1.82, 2.24) is 20.2 Å². The number of ether oxygens (including phenoxy) is 1. The van der Waals surface area contributed by atoms with E-state index in [1.54, 1.807) is 17.7 Å². The molecule has 4 aromatic rings. The molecule has 1 aromatic carbocycles. The molecule has 1 aliphatic rings. The maximum absolute atomic E-state index is 6.00. The first-order valence-corrected chi connectivity index (χ1v) is 9.36. The lowest BCUT2D eigenvalue weighted by Gasteiger charge is -2.39. The smallest absolute Gasteiger partial charge is 0.150 e. The zero-order chi connectivity index (χ0) is 17.7. The number of aryl methyl sites for hydroxylation is 2. The summed E-state index contributed by atoms with van der Waals surface area (Å²) >= 11 is 1.61. The van der Waals surface area contributed by atoms with Crippen LogP contribution in [0.25, 0.3) is 20.4 Å². The summed E-state index contributed by atoms with van der Waals surface area (Å²) in [5.74, 6) is 1.87. The maximum atomic E-state index is 6.00. The van der Waals surface area contributed by atoms with Gasteiger partial charge in [-0.25, -0.2) is 9.97 Å². The average molecular weight is 363 g/mol. The van der Waals surface area contributed by atoms with Crippen LogP contribution in [0, 0.1) is 13.8 Å². The molecule has 130 valence electrons. The van der Waals surface area contributed by atoms with Crippen molar-refractivity contribution < 1.29 is 4.74 Å². The van der Waals surface area contributed by atoms with Gasteiger partial charge in [0.25, 0.3) is 0 Å². The topological polar surface area (TPSA) is 64.0 Å². The number of nitrogens with zero attached hydrogens (tertiary/aromatic N) is 5. The van der Waals surface area contributed by atoms with Crippen LogP contribution in [-0.2, 0) is 0 Å². The Morgan fingerprint density at radius 1 is 1.08 bits per heavy atom. The van der Waals surface area contributed by atoms with E-state index < -0.39 is 0 Å². The van der Waals surface area contributed by atoms with E-state index >= 15 is 0 Å². The monoisotopic (exact) mass is 363 g/mol. The molecule has 5 rings (SSSR count). The summed E-state index contributed by atoms with van der Waals surface area (Å²) in [6, 6.07) is 9.94. The Hall–Kier alpha value is -2.80. The minimum Gasteiger partial charge on any atom is -0.487 e. The molecule has 1 fully saturated rings. The van der Waals surface area contributed by atoms with Crippen LogP contribution in [0.2, 0.25) is 0 Å². The Labute approximate surface area is 154 Å². The fourth-order valence-electron chi connectivity index (χ4n) is 3.27. The van der Waals surface area contributed by atoms with Gasteiger partial charge in [-0.05, 0) is 31.5 Å². The molecule has 0 radical (unpaired) electrons. The summed E-state index contributed by atoms with van der Waals surface area (Å²) in [6.45, 7) is 5.69. The Morgan fingerprint density at radius 3 is 2.69 bits per heavy atom. The Balaban J connectivity index is 1.46. The largest absolute Gasteiger partial charge is 0.487 e. The third-order valence-corrected chi connectivity index (χ3v) is 5.90. The summed E-state index contributed by atoms with van der Waals surface area (Å²) < 4.78 is 7.08. The molecule has 3 aromatic heterocycles. The summed E-state index contributed by atoms with van der Waals surface area (Å²) in [4.78, 5) is 12.2. The van der Waals surface area contributed by atoms with E-state index in [0.29, 0.717) is 0 Å². The zero-order valence-electron chi connectivity index (χ0n) is 14.5. The molecule has 6 nitrogen and oxygen atoms in total. The fraction of sp³-hybridized carbons (Fsp3) is 0.263. The molecule has 0 amide bonds. The molecular formula is C19H17N5OS. The third-order valence-electron chi connectivity index (χ3n) is 4.84. The number of hydrogen-bond acceptors (Lipinski definition) is 7. The molecular weight excluding hydrogens is 346 g/mol. The van der Waals surface area contributed by atoms with Gasteiger partial charge >= 0.3 is 0 Å². The molecule has 26 heavy (non-hydrogen) atoms. The van der Waals surface area contributed by atoms with E-state index in [-0.39, 0.29) is 6.10 Å². The highest BCUT2D eigenvalue weighted by Crippen LogP contribution is 2.39. The highest BCUT2D eigenvalue weighted by atomic mass is 32.1. The van der Waals surface area contributed by atoms with E-state index in [0.717, 1.165) is 56.3 Å². The van der Waals surface area contributed by atoms with E-state index in [1.807, 2.05) is 37.3 Å². The highest BCUT2D eigenvalue weighted by molar-refractivity contribution is 7.26. The summed E-state index contributed by atoms with van der Waals surface area (Å²) in [7, 11) is 0. The predicted molar refractivity (Wildman–Crippen MR) is 103 cm³/mol. The molecule has 7 heteroatoms. The molecule has 0 spiro atoms. The second-order valence-electron chi connectivity index (χ2n) is 6.53. The Kier molecular flexibility index (Phi) is 3.49. The summed E-state index contributed by atoms with van der Waals surface area (Å²) in [5, 5.41) is 9.70. The van der Waals surface area contributed by atoms with Crippen molar-refractivity contribution in [3.8, 4) is 5.75 Å². The van der Waals surface area contributed by atoms with E-state index in [1.165, 1.54) is 0 Å².